The molecule has 5 heteroatoms. The number of nitrogen functional groups attached to an aromatic ring is 1. The first kappa shape index (κ1) is 11.3. The first-order valence-corrected chi connectivity index (χ1v) is 5.10. The average Bonchev–Trinajstić information content (AvgIpc) is 2.76. The molecule has 1 heterocycles. The highest BCUT2D eigenvalue weighted by molar-refractivity contribution is 5.77. The molecule has 1 aromatic carbocycles. The Kier molecular flexibility index (Phi) is 2.91. The van der Waals surface area contributed by atoms with Crippen LogP contribution in [0.5, 0.6) is 11.5 Å². The molecule has 90 valence electrons. The van der Waals surface area contributed by atoms with Gasteiger partial charge in [0.25, 0.3) is 0 Å². The van der Waals surface area contributed by atoms with Crippen molar-refractivity contribution in [1.82, 2.24) is 5.16 Å². The summed E-state index contributed by atoms with van der Waals surface area (Å²) in [4.78, 5) is 0. The number of nitrogens with two attached hydrogens (primary N) is 1. The van der Waals surface area contributed by atoms with Crippen molar-refractivity contribution in [2.75, 3.05) is 20.0 Å². The standard InChI is InChI=1S/C12H14N2O3/c1-7-9(10-6-14-17-12(10)13)4-8(15-2)5-11(7)16-3/h4-6H,13H2,1-3H3. The van der Waals surface area contributed by atoms with Crippen LogP contribution in [0.2, 0.25) is 0 Å². The summed E-state index contributed by atoms with van der Waals surface area (Å²) < 4.78 is 15.4. The predicted octanol–water partition coefficient (Wildman–Crippen LogP) is 2.25. The first-order chi connectivity index (χ1) is 8.17. The minimum atomic E-state index is 0.281. The van der Waals surface area contributed by atoms with Gasteiger partial charge in [-0.1, -0.05) is 5.16 Å². The fourth-order valence-corrected chi connectivity index (χ4v) is 1.72. The van der Waals surface area contributed by atoms with Crippen LogP contribution in [-0.4, -0.2) is 19.4 Å². The van der Waals surface area contributed by atoms with Crippen LogP contribution >= 0.6 is 0 Å². The van der Waals surface area contributed by atoms with E-state index in [0.717, 1.165) is 22.4 Å². The molecule has 0 amide bonds. The lowest BCUT2D eigenvalue weighted by Crippen LogP contribution is -1.94. The SMILES string of the molecule is COc1cc(OC)c(C)c(-c2cnoc2N)c1. The van der Waals surface area contributed by atoms with Gasteiger partial charge < -0.3 is 19.7 Å². The predicted molar refractivity (Wildman–Crippen MR) is 64.2 cm³/mol. The Morgan fingerprint density at radius 1 is 1.18 bits per heavy atom. The normalized spacial score (nSPS) is 10.3. The van der Waals surface area contributed by atoms with E-state index in [0.29, 0.717) is 5.75 Å². The van der Waals surface area contributed by atoms with Crippen molar-refractivity contribution >= 4 is 5.88 Å². The summed E-state index contributed by atoms with van der Waals surface area (Å²) >= 11 is 0. The van der Waals surface area contributed by atoms with Gasteiger partial charge in [-0.2, -0.15) is 0 Å². The van der Waals surface area contributed by atoms with Crippen LogP contribution in [0.1, 0.15) is 5.56 Å². The Balaban J connectivity index is 2.64. The van der Waals surface area contributed by atoms with Gasteiger partial charge in [0.2, 0.25) is 5.88 Å². The van der Waals surface area contributed by atoms with Gasteiger partial charge in [0, 0.05) is 6.07 Å². The van der Waals surface area contributed by atoms with Crippen LogP contribution in [0.25, 0.3) is 11.1 Å². The van der Waals surface area contributed by atoms with Crippen LogP contribution in [0.4, 0.5) is 5.88 Å². The summed E-state index contributed by atoms with van der Waals surface area (Å²) in [6.45, 7) is 1.94. The maximum absolute atomic E-state index is 5.71. The summed E-state index contributed by atoms with van der Waals surface area (Å²) in [5, 5.41) is 3.67. The molecule has 0 bridgehead atoms. The Hall–Kier alpha value is -2.17. The number of methoxy groups -OCH3 is 2. The topological polar surface area (TPSA) is 70.5 Å². The summed E-state index contributed by atoms with van der Waals surface area (Å²) in [7, 11) is 3.22. The van der Waals surface area contributed by atoms with Gasteiger partial charge in [-0.15, -0.1) is 0 Å². The lowest BCUT2D eigenvalue weighted by atomic mass is 10.0. The van der Waals surface area contributed by atoms with Crippen molar-refractivity contribution in [2.24, 2.45) is 0 Å². The number of hydrogen-bond acceptors (Lipinski definition) is 5. The third kappa shape index (κ3) is 1.91. The van der Waals surface area contributed by atoms with Crippen molar-refractivity contribution in [3.63, 3.8) is 0 Å². The smallest absolute Gasteiger partial charge is 0.229 e. The second kappa shape index (κ2) is 4.37. The molecule has 0 aliphatic carbocycles. The molecule has 5 nitrogen and oxygen atoms in total. The maximum atomic E-state index is 5.71. The van der Waals surface area contributed by atoms with Crippen LogP contribution in [0.15, 0.2) is 22.9 Å². The Bertz CT molecular complexity index is 535. The van der Waals surface area contributed by atoms with Crippen LogP contribution in [-0.2, 0) is 0 Å². The molecule has 2 aromatic rings. The number of anilines is 1. The van der Waals surface area contributed by atoms with Crippen LogP contribution < -0.4 is 15.2 Å². The van der Waals surface area contributed by atoms with E-state index in [1.54, 1.807) is 20.4 Å². The summed E-state index contributed by atoms with van der Waals surface area (Å²) in [6.07, 6.45) is 1.58. The number of rotatable bonds is 3. The quantitative estimate of drug-likeness (QED) is 0.881. The zero-order valence-corrected chi connectivity index (χ0v) is 9.98. The van der Waals surface area contributed by atoms with E-state index < -0.39 is 0 Å². The Morgan fingerprint density at radius 3 is 2.47 bits per heavy atom. The highest BCUT2D eigenvalue weighted by Crippen LogP contribution is 2.36. The van der Waals surface area contributed by atoms with Crippen molar-refractivity contribution in [2.45, 2.75) is 6.92 Å². The number of benzene rings is 1. The monoisotopic (exact) mass is 234 g/mol. The minimum absolute atomic E-state index is 0.281. The molecule has 0 saturated heterocycles. The fourth-order valence-electron chi connectivity index (χ4n) is 1.72. The first-order valence-electron chi connectivity index (χ1n) is 5.10. The molecule has 0 aliphatic heterocycles. The van der Waals surface area contributed by atoms with Crippen LogP contribution in [0, 0.1) is 6.92 Å². The Labute approximate surface area is 99.1 Å². The molecule has 2 N–H and O–H groups in total. The van der Waals surface area contributed by atoms with Gasteiger partial charge in [-0.3, -0.25) is 0 Å². The zero-order valence-electron chi connectivity index (χ0n) is 9.98. The van der Waals surface area contributed by atoms with Gasteiger partial charge >= 0.3 is 0 Å². The van der Waals surface area contributed by atoms with E-state index in [2.05, 4.69) is 5.16 Å². The molecule has 0 aliphatic rings. The van der Waals surface area contributed by atoms with Gasteiger partial charge in [-0.25, -0.2) is 0 Å². The Morgan fingerprint density at radius 2 is 1.94 bits per heavy atom. The maximum Gasteiger partial charge on any atom is 0.229 e. The molecule has 0 atom stereocenters. The molecular formula is C12H14N2O3. The van der Waals surface area contributed by atoms with Crippen molar-refractivity contribution in [1.29, 1.82) is 0 Å². The second-order valence-corrected chi connectivity index (χ2v) is 3.61. The van der Waals surface area contributed by atoms with Crippen molar-refractivity contribution in [3.05, 3.63) is 23.9 Å². The summed E-state index contributed by atoms with van der Waals surface area (Å²) in [6, 6.07) is 3.70. The third-order valence-electron chi connectivity index (χ3n) is 2.68. The largest absolute Gasteiger partial charge is 0.497 e. The number of hydrogen-bond donors (Lipinski definition) is 1. The second-order valence-electron chi connectivity index (χ2n) is 3.61. The van der Waals surface area contributed by atoms with E-state index in [-0.39, 0.29) is 5.88 Å². The van der Waals surface area contributed by atoms with E-state index >= 15 is 0 Å². The van der Waals surface area contributed by atoms with Crippen molar-refractivity contribution in [3.8, 4) is 22.6 Å². The molecular weight excluding hydrogens is 220 g/mol. The molecule has 0 spiro atoms. The molecule has 2 rings (SSSR count). The minimum Gasteiger partial charge on any atom is -0.497 e. The average molecular weight is 234 g/mol. The van der Waals surface area contributed by atoms with E-state index in [4.69, 9.17) is 19.7 Å². The van der Waals surface area contributed by atoms with E-state index in [9.17, 15) is 0 Å². The number of aromatic nitrogens is 1. The molecule has 0 unspecified atom stereocenters. The van der Waals surface area contributed by atoms with Crippen molar-refractivity contribution < 1.29 is 14.0 Å². The molecule has 0 fully saturated rings. The number of nitrogens with zero attached hydrogens (tertiary/aromatic N) is 1. The highest BCUT2D eigenvalue weighted by atomic mass is 16.5. The lowest BCUT2D eigenvalue weighted by molar-refractivity contribution is 0.392. The van der Waals surface area contributed by atoms with Gasteiger partial charge in [-0.05, 0) is 24.1 Å². The van der Waals surface area contributed by atoms with Gasteiger partial charge in [0.05, 0.1) is 26.0 Å². The fraction of sp³-hybridized carbons (Fsp3) is 0.250. The highest BCUT2D eigenvalue weighted by Gasteiger charge is 2.14. The molecule has 0 saturated carbocycles. The molecule has 1 aromatic heterocycles. The van der Waals surface area contributed by atoms with E-state index in [1.807, 2.05) is 19.1 Å². The lowest BCUT2D eigenvalue weighted by Gasteiger charge is -2.12. The van der Waals surface area contributed by atoms with E-state index in [1.165, 1.54) is 0 Å². The third-order valence-corrected chi connectivity index (χ3v) is 2.68. The number of ether oxygens (including phenoxy) is 2. The molecule has 17 heavy (non-hydrogen) atoms. The van der Waals surface area contributed by atoms with Gasteiger partial charge in [0.1, 0.15) is 11.5 Å². The molecule has 0 radical (unpaired) electrons. The summed E-state index contributed by atoms with van der Waals surface area (Å²) in [5.74, 6) is 1.71. The summed E-state index contributed by atoms with van der Waals surface area (Å²) in [5.41, 5.74) is 8.30. The zero-order chi connectivity index (χ0) is 12.4. The van der Waals surface area contributed by atoms with Gasteiger partial charge in [0.15, 0.2) is 0 Å². The van der Waals surface area contributed by atoms with Crippen LogP contribution in [0.3, 0.4) is 0 Å².